The Hall–Kier alpha value is -3.87. The highest BCUT2D eigenvalue weighted by Crippen LogP contribution is 2.48. The zero-order valence-corrected chi connectivity index (χ0v) is 20.2. The number of fused-ring (bicyclic) bond motifs is 1. The van der Waals surface area contributed by atoms with Crippen molar-refractivity contribution in [2.24, 2.45) is 13.0 Å². The first-order chi connectivity index (χ1) is 17.0. The number of nitrogens with zero attached hydrogens (tertiary/aromatic N) is 4. The molecule has 1 saturated heterocycles. The lowest BCUT2D eigenvalue weighted by atomic mass is 9.95. The number of carbonyl (C=O) groups is 1. The van der Waals surface area contributed by atoms with E-state index in [2.05, 4.69) is 51.5 Å². The average Bonchev–Trinajstić information content (AvgIpc) is 3.21. The summed E-state index contributed by atoms with van der Waals surface area (Å²) in [6.45, 7) is 4.32. The molecule has 0 bridgehead atoms. The zero-order chi connectivity index (χ0) is 24.1. The quantitative estimate of drug-likeness (QED) is 0.410. The summed E-state index contributed by atoms with van der Waals surface area (Å²) in [6, 6.07) is 12.6. The van der Waals surface area contributed by atoms with Gasteiger partial charge in [-0.1, -0.05) is 12.1 Å². The number of nitrogens with two attached hydrogens (primary N) is 1. The van der Waals surface area contributed by atoms with Crippen LogP contribution in [-0.2, 0) is 11.8 Å². The molecule has 4 aromatic rings. The van der Waals surface area contributed by atoms with Crippen LogP contribution < -0.4 is 16.0 Å². The second-order valence-electron chi connectivity index (χ2n) is 9.90. The fraction of sp³-hybridized carbons (Fsp3) is 0.321. The number of anilines is 3. The van der Waals surface area contributed by atoms with E-state index in [0.717, 1.165) is 41.4 Å². The number of nitrogens with one attached hydrogen (secondary N) is 1. The molecular formula is C28H30N6O. The van der Waals surface area contributed by atoms with E-state index < -0.39 is 0 Å². The number of aromatic nitrogens is 3. The van der Waals surface area contributed by atoms with Gasteiger partial charge in [0.2, 0.25) is 5.91 Å². The van der Waals surface area contributed by atoms with E-state index in [0.29, 0.717) is 11.5 Å². The summed E-state index contributed by atoms with van der Waals surface area (Å²) in [7, 11) is 1.89. The molecule has 178 valence electrons. The predicted octanol–water partition coefficient (Wildman–Crippen LogP) is 4.87. The fourth-order valence-electron chi connectivity index (χ4n) is 5.45. The second-order valence-corrected chi connectivity index (χ2v) is 9.90. The minimum atomic E-state index is -0.0388. The Morgan fingerprint density at radius 2 is 1.97 bits per heavy atom. The van der Waals surface area contributed by atoms with E-state index in [9.17, 15) is 4.79 Å². The van der Waals surface area contributed by atoms with Crippen molar-refractivity contribution in [3.63, 3.8) is 0 Å². The van der Waals surface area contributed by atoms with Crippen LogP contribution in [0.4, 0.5) is 17.2 Å². The topological polar surface area (TPSA) is 89.1 Å². The standard InChI is InChI=1S/C28H30N6O/c1-17-6-5-7-25(34-8-3-4-9-34)27(17)19-10-18-12-26(30-15-23(18)24(29)11-19)32-28(35)22-13-21(22)20-14-31-33(2)16-20/h5-7,10-12,14-16,21-22H,3-4,8-9,13,29H2,1-2H3,(H,30,32,35)/t21-,22+/m1/s1. The van der Waals surface area contributed by atoms with Gasteiger partial charge in [-0.15, -0.1) is 0 Å². The molecule has 1 aliphatic heterocycles. The molecule has 2 aliphatic rings. The second kappa shape index (κ2) is 8.41. The molecule has 2 aromatic heterocycles. The van der Waals surface area contributed by atoms with Gasteiger partial charge in [-0.25, -0.2) is 4.98 Å². The monoisotopic (exact) mass is 466 g/mol. The molecule has 3 N–H and O–H groups in total. The Bertz CT molecular complexity index is 1430. The number of carbonyl (C=O) groups excluding carboxylic acids is 1. The Labute approximate surface area is 205 Å². The van der Waals surface area contributed by atoms with Gasteiger partial charge in [0.15, 0.2) is 0 Å². The van der Waals surface area contributed by atoms with E-state index in [4.69, 9.17) is 5.73 Å². The summed E-state index contributed by atoms with van der Waals surface area (Å²) in [4.78, 5) is 19.8. The molecule has 2 fully saturated rings. The van der Waals surface area contributed by atoms with Crippen LogP contribution in [0.25, 0.3) is 21.9 Å². The lowest BCUT2D eigenvalue weighted by Gasteiger charge is -2.23. The number of hydrogen-bond acceptors (Lipinski definition) is 5. The number of rotatable bonds is 5. The van der Waals surface area contributed by atoms with E-state index in [-0.39, 0.29) is 17.7 Å². The molecule has 7 nitrogen and oxygen atoms in total. The van der Waals surface area contributed by atoms with Crippen LogP contribution in [0, 0.1) is 12.8 Å². The van der Waals surface area contributed by atoms with Gasteiger partial charge in [-0.2, -0.15) is 5.10 Å². The molecule has 6 rings (SSSR count). The van der Waals surface area contributed by atoms with E-state index in [1.807, 2.05) is 31.6 Å². The Morgan fingerprint density at radius 1 is 1.14 bits per heavy atom. The van der Waals surface area contributed by atoms with E-state index in [1.165, 1.54) is 29.7 Å². The Balaban J connectivity index is 1.30. The highest BCUT2D eigenvalue weighted by Gasteiger charge is 2.44. The highest BCUT2D eigenvalue weighted by molar-refractivity contribution is 6.01. The molecular weight excluding hydrogens is 436 g/mol. The van der Waals surface area contributed by atoms with Crippen molar-refractivity contribution in [3.8, 4) is 11.1 Å². The third-order valence-electron chi connectivity index (χ3n) is 7.39. The zero-order valence-electron chi connectivity index (χ0n) is 20.2. The van der Waals surface area contributed by atoms with Gasteiger partial charge in [0.05, 0.1) is 6.20 Å². The normalized spacial score (nSPS) is 19.3. The van der Waals surface area contributed by atoms with Gasteiger partial charge in [0.25, 0.3) is 0 Å². The molecule has 2 atom stereocenters. The Kier molecular flexibility index (Phi) is 5.20. The van der Waals surface area contributed by atoms with Crippen LogP contribution in [0.2, 0.25) is 0 Å². The lowest BCUT2D eigenvalue weighted by Crippen LogP contribution is -2.18. The molecule has 1 amide bonds. The van der Waals surface area contributed by atoms with Crippen LogP contribution in [0.3, 0.4) is 0 Å². The van der Waals surface area contributed by atoms with Gasteiger partial charge in [-0.3, -0.25) is 9.48 Å². The van der Waals surface area contributed by atoms with Crippen LogP contribution in [0.5, 0.6) is 0 Å². The molecule has 0 radical (unpaired) electrons. The summed E-state index contributed by atoms with van der Waals surface area (Å²) < 4.78 is 1.78. The molecule has 7 heteroatoms. The van der Waals surface area contributed by atoms with Crippen molar-refractivity contribution < 1.29 is 4.79 Å². The largest absolute Gasteiger partial charge is 0.398 e. The van der Waals surface area contributed by atoms with Crippen LogP contribution in [-0.4, -0.2) is 33.8 Å². The first kappa shape index (κ1) is 21.6. The molecule has 2 aromatic carbocycles. The van der Waals surface area contributed by atoms with Gasteiger partial charge in [0, 0.05) is 60.8 Å². The van der Waals surface area contributed by atoms with Crippen molar-refractivity contribution >= 4 is 33.9 Å². The third kappa shape index (κ3) is 4.01. The number of aryl methyl sites for hydroxylation is 2. The smallest absolute Gasteiger partial charge is 0.229 e. The maximum Gasteiger partial charge on any atom is 0.229 e. The van der Waals surface area contributed by atoms with Crippen LogP contribution >= 0.6 is 0 Å². The van der Waals surface area contributed by atoms with Gasteiger partial charge >= 0.3 is 0 Å². The molecule has 3 heterocycles. The summed E-state index contributed by atoms with van der Waals surface area (Å²) >= 11 is 0. The third-order valence-corrected chi connectivity index (χ3v) is 7.39. The van der Waals surface area contributed by atoms with Gasteiger partial charge in [-0.05, 0) is 78.4 Å². The minimum absolute atomic E-state index is 0.00468. The summed E-state index contributed by atoms with van der Waals surface area (Å²) in [6.07, 6.45) is 8.88. The van der Waals surface area contributed by atoms with Crippen molar-refractivity contribution in [1.82, 2.24) is 14.8 Å². The van der Waals surface area contributed by atoms with E-state index >= 15 is 0 Å². The molecule has 0 spiro atoms. The number of hydrogen-bond donors (Lipinski definition) is 2. The SMILES string of the molecule is Cc1cccc(N2CCCC2)c1-c1cc(N)c2cnc(NC(=O)[C@H]3C[C@@H]3c3cnn(C)c3)cc2c1. The van der Waals surface area contributed by atoms with Crippen molar-refractivity contribution in [3.05, 3.63) is 66.1 Å². The number of benzene rings is 2. The maximum atomic E-state index is 12.9. The summed E-state index contributed by atoms with van der Waals surface area (Å²) in [5, 5.41) is 9.11. The number of nitrogen functional groups attached to an aromatic ring is 1. The van der Waals surface area contributed by atoms with Crippen LogP contribution in [0.15, 0.2) is 55.0 Å². The summed E-state index contributed by atoms with van der Waals surface area (Å²) in [5.41, 5.74) is 13.1. The number of pyridine rings is 1. The number of amides is 1. The van der Waals surface area contributed by atoms with E-state index in [1.54, 1.807) is 10.9 Å². The van der Waals surface area contributed by atoms with Crippen molar-refractivity contribution in [1.29, 1.82) is 0 Å². The Morgan fingerprint density at radius 3 is 2.74 bits per heavy atom. The van der Waals surface area contributed by atoms with Gasteiger partial charge in [0.1, 0.15) is 5.82 Å². The van der Waals surface area contributed by atoms with Crippen LogP contribution in [0.1, 0.15) is 36.3 Å². The van der Waals surface area contributed by atoms with Crippen molar-refractivity contribution in [2.45, 2.75) is 32.1 Å². The molecule has 1 saturated carbocycles. The minimum Gasteiger partial charge on any atom is -0.398 e. The lowest BCUT2D eigenvalue weighted by molar-refractivity contribution is -0.117. The summed E-state index contributed by atoms with van der Waals surface area (Å²) in [5.74, 6) is 0.755. The molecule has 1 aliphatic carbocycles. The molecule has 35 heavy (non-hydrogen) atoms. The first-order valence-corrected chi connectivity index (χ1v) is 12.3. The first-order valence-electron chi connectivity index (χ1n) is 12.3. The maximum absolute atomic E-state index is 12.9. The molecule has 0 unspecified atom stereocenters. The van der Waals surface area contributed by atoms with Crippen molar-refractivity contribution in [2.75, 3.05) is 29.0 Å². The average molecular weight is 467 g/mol. The van der Waals surface area contributed by atoms with Gasteiger partial charge < -0.3 is 16.0 Å². The predicted molar refractivity (Wildman–Crippen MR) is 140 cm³/mol. The fourth-order valence-corrected chi connectivity index (χ4v) is 5.45. The highest BCUT2D eigenvalue weighted by atomic mass is 16.2.